The molecular weight excluding hydrogens is 647 g/mol. The van der Waals surface area contributed by atoms with E-state index in [0.29, 0.717) is 10.4 Å². The van der Waals surface area contributed by atoms with Gasteiger partial charge in [-0.1, -0.05) is 19.3 Å². The van der Waals surface area contributed by atoms with Gasteiger partial charge in [0, 0.05) is 0 Å². The third kappa shape index (κ3) is 69.7. The second-order valence-electron chi connectivity index (χ2n) is 4.22. The Morgan fingerprint density at radius 2 is 0.824 bits per heavy atom. The number of hydrogen-bond acceptors (Lipinski definition) is 8. The van der Waals surface area contributed by atoms with Crippen LogP contribution in [0.15, 0.2) is 0 Å². The molecule has 0 bridgehead atoms. The van der Waals surface area contributed by atoms with Crippen LogP contribution in [-0.2, 0) is 40.9 Å². The van der Waals surface area contributed by atoms with E-state index in [1.807, 2.05) is 0 Å². The van der Waals surface area contributed by atoms with Crippen LogP contribution < -0.4 is 8.25 Å². The third-order valence-corrected chi connectivity index (χ3v) is 5.06. The molecule has 0 aliphatic carbocycles. The molecule has 0 atom stereocenters. The third-order valence-electron chi connectivity index (χ3n) is 0.765. The summed E-state index contributed by atoms with van der Waals surface area (Å²) in [6, 6.07) is 0. The molecule has 0 saturated heterocycles. The van der Waals surface area contributed by atoms with Crippen molar-refractivity contribution < 1.29 is 97.1 Å². The predicted octanol–water partition coefficient (Wildman–Crippen LogP) is 3.71. The molecule has 0 unspecified atom stereocenters. The van der Waals surface area contributed by atoms with Crippen molar-refractivity contribution in [1.82, 2.24) is 8.25 Å². The Morgan fingerprint density at radius 3 is 0.853 bits per heavy atom. The number of hydrogen-bond donors (Lipinski definition) is 2. The normalized spacial score (nSPS) is 15.3. The van der Waals surface area contributed by atoms with Gasteiger partial charge in [-0.2, -0.15) is 30.0 Å². The molecule has 0 aliphatic rings. The van der Waals surface area contributed by atoms with Crippen molar-refractivity contribution in [2.75, 3.05) is 6.26 Å². The van der Waals surface area contributed by atoms with Gasteiger partial charge >= 0.3 is 76.6 Å². The molecule has 0 rings (SSSR count). The van der Waals surface area contributed by atoms with Crippen LogP contribution in [0.3, 0.4) is 0 Å². The average Bonchev–Trinajstić information content (AvgIpc) is 2.09. The van der Waals surface area contributed by atoms with Crippen LogP contribution in [0, 0.1) is 0 Å². The summed E-state index contributed by atoms with van der Waals surface area (Å²) < 4.78 is 233. The molecule has 0 spiro atoms. The summed E-state index contributed by atoms with van der Waals surface area (Å²) >= 11 is 0. The maximum absolute atomic E-state index is 11.4. The van der Waals surface area contributed by atoms with E-state index in [0.717, 1.165) is 0 Å². The van der Waals surface area contributed by atoms with Crippen molar-refractivity contribution in [2.45, 2.75) is 12.9 Å². The van der Waals surface area contributed by atoms with Gasteiger partial charge < -0.3 is 17.3 Å². The first-order valence-corrected chi connectivity index (χ1v) is 13.7. The topological polar surface area (TPSA) is 161 Å². The first kappa shape index (κ1) is 43.3. The maximum atomic E-state index is 11.4. The number of sulfonamides is 2. The van der Waals surface area contributed by atoms with E-state index < -0.39 is 61.4 Å². The number of rotatable bonds is 4. The van der Waals surface area contributed by atoms with Crippen LogP contribution in [0.5, 0.6) is 0 Å². The van der Waals surface area contributed by atoms with E-state index >= 15 is 0 Å². The molecule has 0 fully saturated rings. The smallest absolute Gasteiger partial charge is 0.176 e. The maximum Gasteiger partial charge on any atom is 0.387 e. The fourth-order valence-corrected chi connectivity index (χ4v) is 3.29. The van der Waals surface area contributed by atoms with Crippen molar-refractivity contribution in [3.63, 3.8) is 0 Å². The fraction of sp³-hybridized carbons (Fsp3) is 1.00. The second kappa shape index (κ2) is 11.5. The van der Waals surface area contributed by atoms with Crippen molar-refractivity contribution >= 4 is 55.9 Å². The molecular formula is C3H9BF15N2O8PS4-2. The molecule has 218 valence electrons. The zero-order valence-electron chi connectivity index (χ0n) is 14.1. The van der Waals surface area contributed by atoms with Gasteiger partial charge in [0.25, 0.3) is 0 Å². The quantitative estimate of drug-likeness (QED) is 0.201. The molecule has 2 N–H and O–H groups in total. The first-order valence-electron chi connectivity index (χ1n) is 5.52. The van der Waals surface area contributed by atoms with E-state index in [9.17, 15) is 97.1 Å². The number of halogens is 15. The van der Waals surface area contributed by atoms with E-state index in [1.54, 1.807) is 0 Å². The number of nitrogens with one attached hydrogen (secondary N) is 2. The Balaban J connectivity index is -0.000000114. The molecule has 0 heterocycles. The van der Waals surface area contributed by atoms with Gasteiger partial charge in [0.05, 0.1) is 6.26 Å². The Hall–Kier alpha value is -0.835. The van der Waals surface area contributed by atoms with Crippen molar-refractivity contribution in [3.05, 3.63) is 0 Å². The van der Waals surface area contributed by atoms with Gasteiger partial charge in [0.2, 0.25) is 10.0 Å². The molecule has 0 aromatic carbocycles. The SMILES string of the molecule is C.CS(=O)(=O)NS(=O)(=O)C(F)(F)F.F[B-](F)(F)F.F[P-](F)(F)(F)(F)F.O=S(=O)(F)NS(=O)(=O)F. The van der Waals surface area contributed by atoms with E-state index in [-0.39, 0.29) is 11.6 Å². The molecule has 0 aromatic rings. The van der Waals surface area contributed by atoms with Gasteiger partial charge in [-0.15, -0.1) is 4.13 Å². The fourth-order valence-electron chi connectivity index (χ4n) is 0.365. The van der Waals surface area contributed by atoms with E-state index in [4.69, 9.17) is 0 Å². The Labute approximate surface area is 181 Å². The minimum atomic E-state index is -10.7. The van der Waals surface area contributed by atoms with Crippen LogP contribution in [0.25, 0.3) is 0 Å². The molecule has 10 nitrogen and oxygen atoms in total. The zero-order chi connectivity index (χ0) is 28.8. The summed E-state index contributed by atoms with van der Waals surface area (Å²) in [5, 5.41) is 0. The monoisotopic (exact) mass is 656 g/mol. The average molecular weight is 656 g/mol. The number of alkyl halides is 3. The van der Waals surface area contributed by atoms with E-state index in [1.165, 1.54) is 0 Å². The Bertz CT molecular complexity index is 1010. The summed E-state index contributed by atoms with van der Waals surface area (Å²) in [6.07, 6.45) is 0.302. The molecule has 0 aliphatic heterocycles. The molecule has 0 aromatic heterocycles. The minimum Gasteiger partial charge on any atom is -0.176 e. The molecule has 31 heteroatoms. The molecule has 0 radical (unpaired) electrons. The van der Waals surface area contributed by atoms with Gasteiger partial charge in [-0.3, -0.25) is 0 Å². The van der Waals surface area contributed by atoms with Crippen molar-refractivity contribution in [1.29, 1.82) is 0 Å². The Morgan fingerprint density at radius 1 is 0.647 bits per heavy atom. The van der Waals surface area contributed by atoms with E-state index in [2.05, 4.69) is 0 Å². The van der Waals surface area contributed by atoms with Gasteiger partial charge in [-0.05, 0) is 0 Å². The van der Waals surface area contributed by atoms with Crippen LogP contribution in [-0.4, -0.2) is 52.7 Å². The molecule has 34 heavy (non-hydrogen) atoms. The Kier molecular flexibility index (Phi) is 14.6. The van der Waals surface area contributed by atoms with Crippen LogP contribution in [0.2, 0.25) is 0 Å². The van der Waals surface area contributed by atoms with Crippen molar-refractivity contribution in [3.8, 4) is 0 Å². The van der Waals surface area contributed by atoms with Gasteiger partial charge in [0.1, 0.15) is 0 Å². The molecule has 0 saturated carbocycles. The summed E-state index contributed by atoms with van der Waals surface area (Å²) in [6.45, 7) is 0. The summed E-state index contributed by atoms with van der Waals surface area (Å²) in [5.41, 5.74) is -5.62. The molecule has 0 amide bonds. The van der Waals surface area contributed by atoms with Crippen LogP contribution >= 0.6 is 7.81 Å². The van der Waals surface area contributed by atoms with Crippen molar-refractivity contribution in [2.24, 2.45) is 0 Å². The second-order valence-corrected chi connectivity index (χ2v) is 12.2. The van der Waals surface area contributed by atoms with Crippen LogP contribution in [0.4, 0.5) is 63.4 Å². The minimum absolute atomic E-state index is 0. The summed E-state index contributed by atoms with van der Waals surface area (Å²) in [7, 11) is -37.9. The largest absolute Gasteiger partial charge is 0.387 e. The first-order chi connectivity index (χ1) is 13.1. The zero-order valence-corrected chi connectivity index (χ0v) is 18.3. The summed E-state index contributed by atoms with van der Waals surface area (Å²) in [4.78, 5) is 0. The van der Waals surface area contributed by atoms with Gasteiger partial charge in [-0.25, -0.2) is 16.8 Å². The predicted molar refractivity (Wildman–Crippen MR) is 86.6 cm³/mol. The van der Waals surface area contributed by atoms with Gasteiger partial charge in [0.15, 0.2) is 0 Å². The summed E-state index contributed by atoms with van der Waals surface area (Å²) in [5.74, 6) is 0. The van der Waals surface area contributed by atoms with Crippen LogP contribution in [0.1, 0.15) is 7.43 Å². The standard InChI is InChI=1S/C2H4F3NO4S2.CH4.BF4.F6P.F2HNO4S2/c1-11(7,8)6-12(9,10)2(3,4)5;;2-1(3,4)5;1-7(2,3,4,5)6;1-8(4,5)3-9(2,6)7/h6H,1H3;1H4;;;3H/q;;2*-1;.